The van der Waals surface area contributed by atoms with Crippen LogP contribution in [-0.2, 0) is 19.4 Å². The van der Waals surface area contributed by atoms with E-state index in [9.17, 15) is 0 Å². The molecule has 0 spiro atoms. The summed E-state index contributed by atoms with van der Waals surface area (Å²) in [5.41, 5.74) is 2.68. The predicted octanol–water partition coefficient (Wildman–Crippen LogP) is 2.82. The Bertz CT molecular complexity index is 585. The molecule has 1 aromatic carbocycles. The predicted molar refractivity (Wildman–Crippen MR) is 84.3 cm³/mol. The third kappa shape index (κ3) is 3.16. The second-order valence-electron chi connectivity index (χ2n) is 5.91. The summed E-state index contributed by atoms with van der Waals surface area (Å²) >= 11 is 0. The molecule has 3 rings (SSSR count). The van der Waals surface area contributed by atoms with Crippen LogP contribution >= 0.6 is 0 Å². The summed E-state index contributed by atoms with van der Waals surface area (Å²) in [7, 11) is 0. The van der Waals surface area contributed by atoms with Crippen molar-refractivity contribution in [3.05, 3.63) is 47.0 Å². The van der Waals surface area contributed by atoms with E-state index in [1.165, 1.54) is 17.5 Å². The topological polar surface area (TPSA) is 42.7 Å². The Kier molecular flexibility index (Phi) is 4.34. The van der Waals surface area contributed by atoms with E-state index in [-0.39, 0.29) is 0 Å². The Balaban J connectivity index is 1.70. The smallest absolute Gasteiger partial charge is 0.150 e. The molecule has 1 aliphatic rings. The van der Waals surface area contributed by atoms with Crippen molar-refractivity contribution in [1.82, 2.24) is 20.1 Å². The number of nitrogens with zero attached hydrogens (tertiary/aromatic N) is 3. The lowest BCUT2D eigenvalue weighted by Crippen LogP contribution is -2.34. The molecular formula is C17H24N4. The lowest BCUT2D eigenvalue weighted by molar-refractivity contribution is 0.388. The van der Waals surface area contributed by atoms with Gasteiger partial charge in [-0.15, -0.1) is 10.2 Å². The summed E-state index contributed by atoms with van der Waals surface area (Å²) in [6.45, 7) is 6.36. The van der Waals surface area contributed by atoms with Crippen LogP contribution in [0.4, 0.5) is 0 Å². The molecule has 0 fully saturated rings. The van der Waals surface area contributed by atoms with Gasteiger partial charge < -0.3 is 9.88 Å². The minimum absolute atomic E-state index is 0.379. The molecule has 0 saturated heterocycles. The molecule has 0 aliphatic carbocycles. The zero-order valence-electron chi connectivity index (χ0n) is 13.0. The largest absolute Gasteiger partial charge is 0.312 e. The van der Waals surface area contributed by atoms with Gasteiger partial charge >= 0.3 is 0 Å². The van der Waals surface area contributed by atoms with Crippen molar-refractivity contribution in [1.29, 1.82) is 0 Å². The first-order valence-electron chi connectivity index (χ1n) is 7.99. The van der Waals surface area contributed by atoms with Crippen molar-refractivity contribution in [3.63, 3.8) is 0 Å². The lowest BCUT2D eigenvalue weighted by atomic mass is 10.1. The second-order valence-corrected chi connectivity index (χ2v) is 5.91. The first-order chi connectivity index (χ1) is 10.3. The molecule has 4 heteroatoms. The highest BCUT2D eigenvalue weighted by molar-refractivity contribution is 5.22. The van der Waals surface area contributed by atoms with Gasteiger partial charge in [0, 0.05) is 19.5 Å². The number of fused-ring (bicyclic) bond motifs is 1. The van der Waals surface area contributed by atoms with Gasteiger partial charge in [0.1, 0.15) is 11.6 Å². The summed E-state index contributed by atoms with van der Waals surface area (Å²) in [5.74, 6) is 2.26. The van der Waals surface area contributed by atoms with Crippen molar-refractivity contribution < 1.29 is 0 Å². The lowest BCUT2D eigenvalue weighted by Gasteiger charge is -2.24. The first-order valence-corrected chi connectivity index (χ1v) is 7.99. The zero-order valence-corrected chi connectivity index (χ0v) is 13.0. The summed E-state index contributed by atoms with van der Waals surface area (Å²) in [5, 5.41) is 12.4. The maximum atomic E-state index is 4.44. The molecule has 2 heterocycles. The van der Waals surface area contributed by atoms with Crippen LogP contribution in [0.5, 0.6) is 0 Å². The molecule has 1 N–H and O–H groups in total. The van der Waals surface area contributed by atoms with Gasteiger partial charge in [0.05, 0.1) is 6.04 Å². The van der Waals surface area contributed by atoms with Crippen LogP contribution in [-0.4, -0.2) is 21.3 Å². The minimum atomic E-state index is 0.379. The molecule has 0 amide bonds. The van der Waals surface area contributed by atoms with Crippen LogP contribution in [0.3, 0.4) is 0 Å². The van der Waals surface area contributed by atoms with E-state index in [1.807, 2.05) is 0 Å². The molecule has 112 valence electrons. The highest BCUT2D eigenvalue weighted by atomic mass is 15.3. The number of aromatic nitrogens is 3. The average molecular weight is 284 g/mol. The van der Waals surface area contributed by atoms with E-state index in [1.54, 1.807) is 0 Å². The summed E-state index contributed by atoms with van der Waals surface area (Å²) < 4.78 is 2.32. The fourth-order valence-corrected chi connectivity index (χ4v) is 3.01. The van der Waals surface area contributed by atoms with Crippen LogP contribution in [0.1, 0.15) is 48.6 Å². The molecule has 1 atom stereocenters. The zero-order chi connectivity index (χ0) is 14.7. The van der Waals surface area contributed by atoms with Crippen molar-refractivity contribution in [2.24, 2.45) is 0 Å². The molecule has 0 radical (unpaired) electrons. The number of hydrogen-bond acceptors (Lipinski definition) is 3. The minimum Gasteiger partial charge on any atom is -0.312 e. The molecule has 0 bridgehead atoms. The number of hydrogen-bond donors (Lipinski definition) is 1. The van der Waals surface area contributed by atoms with E-state index < -0.39 is 0 Å². The average Bonchev–Trinajstić information content (AvgIpc) is 2.91. The Labute approximate surface area is 126 Å². The first kappa shape index (κ1) is 14.3. The molecular weight excluding hydrogens is 260 g/mol. The number of nitrogens with one attached hydrogen (secondary N) is 1. The van der Waals surface area contributed by atoms with Gasteiger partial charge in [-0.2, -0.15) is 0 Å². The van der Waals surface area contributed by atoms with Gasteiger partial charge in [-0.1, -0.05) is 43.2 Å². The summed E-state index contributed by atoms with van der Waals surface area (Å²) in [6, 6.07) is 9.16. The van der Waals surface area contributed by atoms with Gasteiger partial charge in [-0.3, -0.25) is 0 Å². The van der Waals surface area contributed by atoms with Crippen molar-refractivity contribution >= 4 is 0 Å². The standard InChI is InChI=1S/C17H24N4/c1-3-4-15-17-20-19-16(21(17)12-11-18-15)10-9-14-7-5-13(2)6-8-14/h5-8,15,18H,3-4,9-12H2,1-2H3. The number of benzene rings is 1. The second kappa shape index (κ2) is 6.39. The van der Waals surface area contributed by atoms with Gasteiger partial charge in [-0.25, -0.2) is 0 Å². The molecule has 0 saturated carbocycles. The van der Waals surface area contributed by atoms with Gasteiger partial charge in [0.25, 0.3) is 0 Å². The van der Waals surface area contributed by atoms with E-state index in [0.29, 0.717) is 6.04 Å². The van der Waals surface area contributed by atoms with Crippen molar-refractivity contribution in [2.75, 3.05) is 6.54 Å². The third-order valence-corrected chi connectivity index (χ3v) is 4.23. The van der Waals surface area contributed by atoms with Crippen LogP contribution in [0.25, 0.3) is 0 Å². The van der Waals surface area contributed by atoms with E-state index in [0.717, 1.165) is 44.0 Å². The Morgan fingerprint density at radius 2 is 2.00 bits per heavy atom. The monoisotopic (exact) mass is 284 g/mol. The fourth-order valence-electron chi connectivity index (χ4n) is 3.01. The summed E-state index contributed by atoms with van der Waals surface area (Å²) in [4.78, 5) is 0. The van der Waals surface area contributed by atoms with Crippen LogP contribution in [0, 0.1) is 6.92 Å². The maximum absolute atomic E-state index is 4.44. The highest BCUT2D eigenvalue weighted by Gasteiger charge is 2.23. The van der Waals surface area contributed by atoms with E-state index in [4.69, 9.17) is 0 Å². The molecule has 21 heavy (non-hydrogen) atoms. The molecule has 1 aromatic heterocycles. The fraction of sp³-hybridized carbons (Fsp3) is 0.529. The number of aryl methyl sites for hydroxylation is 3. The third-order valence-electron chi connectivity index (χ3n) is 4.23. The maximum Gasteiger partial charge on any atom is 0.150 e. The van der Waals surface area contributed by atoms with E-state index in [2.05, 4.69) is 58.2 Å². The van der Waals surface area contributed by atoms with Crippen molar-refractivity contribution in [2.45, 2.75) is 52.1 Å². The molecule has 1 unspecified atom stereocenters. The van der Waals surface area contributed by atoms with Crippen LogP contribution in [0.2, 0.25) is 0 Å². The quantitative estimate of drug-likeness (QED) is 0.918. The Hall–Kier alpha value is -1.68. The van der Waals surface area contributed by atoms with E-state index >= 15 is 0 Å². The van der Waals surface area contributed by atoms with Gasteiger partial charge in [0.15, 0.2) is 0 Å². The van der Waals surface area contributed by atoms with Crippen LogP contribution < -0.4 is 5.32 Å². The van der Waals surface area contributed by atoms with Gasteiger partial charge in [0.2, 0.25) is 0 Å². The highest BCUT2D eigenvalue weighted by Crippen LogP contribution is 2.21. The molecule has 4 nitrogen and oxygen atoms in total. The van der Waals surface area contributed by atoms with Crippen molar-refractivity contribution in [3.8, 4) is 0 Å². The SMILES string of the molecule is CCCC1NCCn2c(CCc3ccc(C)cc3)nnc21. The Morgan fingerprint density at radius 1 is 1.19 bits per heavy atom. The summed E-state index contributed by atoms with van der Waals surface area (Å²) in [6.07, 6.45) is 4.30. The Morgan fingerprint density at radius 3 is 2.76 bits per heavy atom. The molecule has 2 aromatic rings. The molecule has 1 aliphatic heterocycles. The normalized spacial score (nSPS) is 17.7. The van der Waals surface area contributed by atoms with Gasteiger partial charge in [-0.05, 0) is 25.3 Å². The van der Waals surface area contributed by atoms with Crippen LogP contribution in [0.15, 0.2) is 24.3 Å². The number of rotatable bonds is 5.